The third-order valence-electron chi connectivity index (χ3n) is 5.96. The third-order valence-corrected chi connectivity index (χ3v) is 6.26. The number of likely N-dealkylation sites (tertiary alicyclic amines) is 1. The molecule has 3 aromatic rings. The Labute approximate surface area is 203 Å². The molecule has 1 fully saturated rings. The molecule has 0 radical (unpaired) electrons. The number of aromatic nitrogens is 1. The molecular weight excluding hydrogens is 452 g/mol. The molecule has 6 nitrogen and oxygen atoms in total. The molecule has 1 aromatic heterocycles. The highest BCUT2D eigenvalue weighted by Gasteiger charge is 2.46. The number of amides is 1. The monoisotopic (exact) mass is 476 g/mol. The molecule has 2 heterocycles. The predicted molar refractivity (Wildman–Crippen MR) is 131 cm³/mol. The molecule has 0 aliphatic carbocycles. The lowest BCUT2D eigenvalue weighted by atomic mass is 9.93. The second-order valence-electron chi connectivity index (χ2n) is 8.46. The highest BCUT2D eigenvalue weighted by atomic mass is 35.5. The van der Waals surface area contributed by atoms with Crippen LogP contribution in [0.15, 0.2) is 72.6 Å². The van der Waals surface area contributed by atoms with E-state index in [2.05, 4.69) is 18.8 Å². The van der Waals surface area contributed by atoms with Gasteiger partial charge in [0, 0.05) is 24.5 Å². The number of aliphatic hydroxyl groups is 1. The summed E-state index contributed by atoms with van der Waals surface area (Å²) < 4.78 is 5.18. The van der Waals surface area contributed by atoms with E-state index in [1.54, 1.807) is 30.6 Å². The Morgan fingerprint density at radius 3 is 2.47 bits per heavy atom. The van der Waals surface area contributed by atoms with Gasteiger partial charge in [0.2, 0.25) is 0 Å². The molecule has 1 unspecified atom stereocenters. The van der Waals surface area contributed by atoms with E-state index < -0.39 is 17.7 Å². The fraction of sp³-hybridized carbons (Fsp3) is 0.222. The second kappa shape index (κ2) is 9.69. The zero-order valence-electron chi connectivity index (χ0n) is 19.2. The molecule has 4 rings (SSSR count). The number of ether oxygens (including phenoxy) is 1. The van der Waals surface area contributed by atoms with Crippen molar-refractivity contribution in [2.75, 3.05) is 7.11 Å². The summed E-state index contributed by atoms with van der Waals surface area (Å²) in [5.74, 6) is -0.933. The Morgan fingerprint density at radius 1 is 1.15 bits per heavy atom. The van der Waals surface area contributed by atoms with Crippen LogP contribution in [0.3, 0.4) is 0 Å². The minimum Gasteiger partial charge on any atom is -0.507 e. The number of carbonyl (C=O) groups excluding carboxylic acids is 2. The van der Waals surface area contributed by atoms with Crippen LogP contribution in [0.4, 0.5) is 0 Å². The van der Waals surface area contributed by atoms with Crippen LogP contribution in [0.1, 0.15) is 48.1 Å². The largest absolute Gasteiger partial charge is 0.507 e. The van der Waals surface area contributed by atoms with Crippen molar-refractivity contribution in [3.05, 3.63) is 99.8 Å². The minimum absolute atomic E-state index is 0.0208. The smallest absolute Gasteiger partial charge is 0.295 e. The van der Waals surface area contributed by atoms with Gasteiger partial charge in [0.25, 0.3) is 11.7 Å². The van der Waals surface area contributed by atoms with E-state index in [4.69, 9.17) is 16.3 Å². The summed E-state index contributed by atoms with van der Waals surface area (Å²) >= 11 is 6.25. The summed E-state index contributed by atoms with van der Waals surface area (Å²) in [6.07, 6.45) is 3.30. The maximum absolute atomic E-state index is 13.2. The molecule has 2 aromatic carbocycles. The summed E-state index contributed by atoms with van der Waals surface area (Å²) in [5, 5.41) is 11.5. The zero-order valence-corrected chi connectivity index (χ0v) is 19.9. The quantitative estimate of drug-likeness (QED) is 0.289. The second-order valence-corrected chi connectivity index (χ2v) is 8.87. The zero-order chi connectivity index (χ0) is 24.4. The van der Waals surface area contributed by atoms with E-state index in [9.17, 15) is 14.7 Å². The van der Waals surface area contributed by atoms with E-state index in [-0.39, 0.29) is 22.9 Å². The molecule has 34 heavy (non-hydrogen) atoms. The van der Waals surface area contributed by atoms with Gasteiger partial charge >= 0.3 is 0 Å². The van der Waals surface area contributed by atoms with Crippen molar-refractivity contribution in [2.45, 2.75) is 32.4 Å². The van der Waals surface area contributed by atoms with E-state index in [1.807, 2.05) is 30.3 Å². The maximum Gasteiger partial charge on any atom is 0.295 e. The Bertz CT molecular complexity index is 1250. The first-order valence-corrected chi connectivity index (χ1v) is 11.3. The molecule has 174 valence electrons. The van der Waals surface area contributed by atoms with Crippen LogP contribution in [0, 0.1) is 0 Å². The molecule has 1 aliphatic rings. The third kappa shape index (κ3) is 4.41. The highest BCUT2D eigenvalue weighted by molar-refractivity contribution is 6.46. The summed E-state index contributed by atoms with van der Waals surface area (Å²) in [4.78, 5) is 31.9. The van der Waals surface area contributed by atoms with Crippen LogP contribution in [0.5, 0.6) is 5.75 Å². The van der Waals surface area contributed by atoms with Gasteiger partial charge in [0.05, 0.1) is 23.7 Å². The lowest BCUT2D eigenvalue weighted by Crippen LogP contribution is -2.29. The van der Waals surface area contributed by atoms with Gasteiger partial charge in [0.1, 0.15) is 11.5 Å². The number of benzene rings is 2. The average Bonchev–Trinajstić information content (AvgIpc) is 3.09. The molecule has 1 aliphatic heterocycles. The number of aliphatic hydroxyl groups excluding tert-OH is 1. The van der Waals surface area contributed by atoms with Gasteiger partial charge in [-0.1, -0.05) is 55.8 Å². The van der Waals surface area contributed by atoms with Crippen molar-refractivity contribution in [1.82, 2.24) is 9.88 Å². The molecule has 1 saturated heterocycles. The van der Waals surface area contributed by atoms with Crippen molar-refractivity contribution in [3.8, 4) is 5.75 Å². The first-order valence-electron chi connectivity index (χ1n) is 10.9. The summed E-state index contributed by atoms with van der Waals surface area (Å²) in [5.41, 5.74) is 2.99. The number of hydrogen-bond acceptors (Lipinski definition) is 5. The van der Waals surface area contributed by atoms with Gasteiger partial charge in [-0.15, -0.1) is 0 Å². The fourth-order valence-electron chi connectivity index (χ4n) is 4.11. The molecule has 7 heteroatoms. The number of nitrogens with zero attached hydrogens (tertiary/aromatic N) is 2. The number of methoxy groups -OCH3 is 1. The maximum atomic E-state index is 13.2. The van der Waals surface area contributed by atoms with Crippen molar-refractivity contribution >= 4 is 29.1 Å². The lowest BCUT2D eigenvalue weighted by Gasteiger charge is -2.25. The minimum atomic E-state index is -0.762. The van der Waals surface area contributed by atoms with E-state index >= 15 is 0 Å². The molecular formula is C27H25ClN2O4. The number of hydrogen-bond donors (Lipinski definition) is 1. The van der Waals surface area contributed by atoms with E-state index in [0.29, 0.717) is 17.2 Å². The van der Waals surface area contributed by atoms with Crippen LogP contribution < -0.4 is 4.74 Å². The van der Waals surface area contributed by atoms with Crippen molar-refractivity contribution < 1.29 is 19.4 Å². The number of pyridine rings is 1. The highest BCUT2D eigenvalue weighted by Crippen LogP contribution is 2.41. The van der Waals surface area contributed by atoms with Crippen molar-refractivity contribution in [3.63, 3.8) is 0 Å². The topological polar surface area (TPSA) is 79.7 Å². The first kappa shape index (κ1) is 23.5. The van der Waals surface area contributed by atoms with E-state index in [0.717, 1.165) is 16.7 Å². The van der Waals surface area contributed by atoms with Gasteiger partial charge in [0.15, 0.2) is 0 Å². The van der Waals surface area contributed by atoms with Crippen LogP contribution in [-0.2, 0) is 16.1 Å². The average molecular weight is 477 g/mol. The molecule has 0 bridgehead atoms. The molecule has 0 saturated carbocycles. The van der Waals surface area contributed by atoms with Crippen LogP contribution >= 0.6 is 11.6 Å². The predicted octanol–water partition coefficient (Wildman–Crippen LogP) is 5.49. The van der Waals surface area contributed by atoms with Gasteiger partial charge in [-0.25, -0.2) is 0 Å². The Hall–Kier alpha value is -3.64. The van der Waals surface area contributed by atoms with Crippen LogP contribution in [0.2, 0.25) is 5.02 Å². The number of rotatable bonds is 6. The Morgan fingerprint density at radius 2 is 1.88 bits per heavy atom. The number of carbonyl (C=O) groups is 2. The summed E-state index contributed by atoms with van der Waals surface area (Å²) in [7, 11) is 1.49. The van der Waals surface area contributed by atoms with Gasteiger partial charge in [-0.05, 0) is 46.9 Å². The SMILES string of the molecule is COc1ccc(/C(O)=C2/C(=O)C(=O)N(Cc3cccnc3)C2c2ccc(C(C)C)cc2)cc1Cl. The van der Waals surface area contributed by atoms with Crippen molar-refractivity contribution in [2.24, 2.45) is 0 Å². The first-order chi connectivity index (χ1) is 16.3. The standard InChI is InChI=1S/C27H25ClN2O4/c1-16(2)18-6-8-19(9-7-18)24-23(25(31)20-10-11-22(34-3)21(28)13-20)26(32)27(33)30(24)15-17-5-4-12-29-14-17/h4-14,16,24,31H,15H2,1-3H3/b25-23-. The van der Waals surface area contributed by atoms with E-state index in [1.165, 1.54) is 18.1 Å². The summed E-state index contributed by atoms with van der Waals surface area (Å²) in [6, 6.07) is 15.3. The molecule has 1 amide bonds. The molecule has 1 atom stereocenters. The van der Waals surface area contributed by atoms with Crippen LogP contribution in [-0.4, -0.2) is 33.8 Å². The molecule has 1 N–H and O–H groups in total. The Balaban J connectivity index is 1.85. The molecule has 0 spiro atoms. The number of halogens is 1. The number of Topliss-reactive ketones (excluding diaryl/α,β-unsaturated/α-hetero) is 1. The van der Waals surface area contributed by atoms with Crippen molar-refractivity contribution in [1.29, 1.82) is 0 Å². The fourth-order valence-corrected chi connectivity index (χ4v) is 4.37. The normalized spacial score (nSPS) is 17.4. The van der Waals surface area contributed by atoms with Gasteiger partial charge in [-0.2, -0.15) is 0 Å². The summed E-state index contributed by atoms with van der Waals surface area (Å²) in [6.45, 7) is 4.36. The number of ketones is 1. The van der Waals surface area contributed by atoms with Gasteiger partial charge < -0.3 is 14.7 Å². The van der Waals surface area contributed by atoms with Gasteiger partial charge in [-0.3, -0.25) is 14.6 Å². The van der Waals surface area contributed by atoms with Crippen LogP contribution in [0.25, 0.3) is 5.76 Å². The Kier molecular flexibility index (Phi) is 6.70. The lowest BCUT2D eigenvalue weighted by molar-refractivity contribution is -0.140.